The molecular formula is C36H46N4O7. The normalized spacial score (nSPS) is 28.4. The molecule has 0 fully saturated rings. The Balaban J connectivity index is 1.80. The number of para-hydroxylation sites is 1. The van der Waals surface area contributed by atoms with Gasteiger partial charge in [-0.1, -0.05) is 55.8 Å². The van der Waals surface area contributed by atoms with E-state index < -0.39 is 54.0 Å². The van der Waals surface area contributed by atoms with Gasteiger partial charge in [0.1, 0.15) is 23.9 Å². The van der Waals surface area contributed by atoms with E-state index in [-0.39, 0.29) is 24.0 Å². The fourth-order valence-electron chi connectivity index (χ4n) is 6.01. The van der Waals surface area contributed by atoms with E-state index in [4.69, 9.17) is 9.47 Å². The molecule has 2 unspecified atom stereocenters. The SMILES string of the molecule is COC1C(=O)O[C@H](C)[C@H](C)/C=C(\C)C[C@H](C)C(=O)N[C@@H](C)C(=O)N(C)C(Cc2c[nH]c3ccccc23)C(=O)N[C@H]1c1ccc(O)cc1. The van der Waals surface area contributed by atoms with Crippen molar-refractivity contribution < 1.29 is 33.8 Å². The molecule has 0 bridgehead atoms. The van der Waals surface area contributed by atoms with Crippen LogP contribution in [0.4, 0.5) is 0 Å². The highest BCUT2D eigenvalue weighted by molar-refractivity contribution is 5.93. The number of esters is 1. The van der Waals surface area contributed by atoms with Gasteiger partial charge >= 0.3 is 5.97 Å². The quantitative estimate of drug-likeness (QED) is 0.246. The first-order chi connectivity index (χ1) is 22.3. The van der Waals surface area contributed by atoms with Crippen molar-refractivity contribution >= 4 is 34.6 Å². The predicted molar refractivity (Wildman–Crippen MR) is 178 cm³/mol. The fraction of sp³-hybridized carbons (Fsp3) is 0.444. The van der Waals surface area contributed by atoms with Crippen LogP contribution in [0.3, 0.4) is 0 Å². The number of nitrogens with zero attached hydrogens (tertiary/aromatic N) is 1. The summed E-state index contributed by atoms with van der Waals surface area (Å²) in [7, 11) is 2.89. The number of benzene rings is 2. The van der Waals surface area contributed by atoms with Crippen LogP contribution in [0.25, 0.3) is 10.9 Å². The lowest BCUT2D eigenvalue weighted by molar-refractivity contribution is -0.164. The molecule has 1 aromatic heterocycles. The average molecular weight is 647 g/mol. The van der Waals surface area contributed by atoms with Gasteiger partial charge in [0.25, 0.3) is 0 Å². The standard InChI is InChI=1S/C36H46N4O7/c1-20-16-21(2)24(5)47-36(45)32(46-7)31(25-12-14-27(41)15-13-25)39-34(43)30(18-26-19-37-29-11-9-8-10-28(26)29)40(6)35(44)23(4)38-33(42)22(3)17-20/h8-16,19,21-24,30-32,37,41H,17-18H2,1-7H3,(H,38,42)(H,39,43)/b20-16+/t21-,22+,23+,24-,30?,31+,32?/m1/s1. The number of carbonyl (C=O) groups excluding carboxylic acids is 4. The number of cyclic esters (lactones) is 1. The molecule has 4 rings (SSSR count). The number of H-pyrrole nitrogens is 1. The van der Waals surface area contributed by atoms with Crippen LogP contribution in [0.5, 0.6) is 5.75 Å². The number of aromatic nitrogens is 1. The number of phenols is 1. The Labute approximate surface area is 275 Å². The second-order valence-electron chi connectivity index (χ2n) is 12.6. The third-order valence-corrected chi connectivity index (χ3v) is 8.94. The third kappa shape index (κ3) is 8.40. The summed E-state index contributed by atoms with van der Waals surface area (Å²) >= 11 is 0. The Hall–Kier alpha value is -4.64. The van der Waals surface area contributed by atoms with Crippen LogP contribution < -0.4 is 10.6 Å². The molecule has 3 aromatic rings. The Morgan fingerprint density at radius 2 is 1.64 bits per heavy atom. The number of fused-ring (bicyclic) bond motifs is 1. The van der Waals surface area contributed by atoms with Gasteiger partial charge in [-0.3, -0.25) is 14.4 Å². The largest absolute Gasteiger partial charge is 0.508 e. The third-order valence-electron chi connectivity index (χ3n) is 8.94. The van der Waals surface area contributed by atoms with E-state index in [0.29, 0.717) is 12.0 Å². The van der Waals surface area contributed by atoms with Crippen LogP contribution in [0, 0.1) is 11.8 Å². The highest BCUT2D eigenvalue weighted by Crippen LogP contribution is 2.27. The molecule has 252 valence electrons. The summed E-state index contributed by atoms with van der Waals surface area (Å²) in [5, 5.41) is 16.7. The van der Waals surface area contributed by atoms with Crippen molar-refractivity contribution in [3.05, 3.63) is 77.5 Å². The molecule has 4 N–H and O–H groups in total. The minimum Gasteiger partial charge on any atom is -0.508 e. The number of allylic oxidation sites excluding steroid dienone is 1. The smallest absolute Gasteiger partial charge is 0.338 e. The van der Waals surface area contributed by atoms with Crippen LogP contribution in [0.1, 0.15) is 58.2 Å². The van der Waals surface area contributed by atoms with Gasteiger partial charge < -0.3 is 35.1 Å². The lowest BCUT2D eigenvalue weighted by Gasteiger charge is -2.33. The monoisotopic (exact) mass is 646 g/mol. The van der Waals surface area contributed by atoms with E-state index >= 15 is 0 Å². The first kappa shape index (κ1) is 35.2. The number of nitrogens with one attached hydrogen (secondary N) is 3. The summed E-state index contributed by atoms with van der Waals surface area (Å²) in [6.45, 7) is 9.00. The second kappa shape index (κ2) is 15.3. The number of aromatic hydroxyl groups is 1. The summed E-state index contributed by atoms with van der Waals surface area (Å²) < 4.78 is 11.6. The molecule has 0 spiro atoms. The first-order valence-electron chi connectivity index (χ1n) is 15.9. The highest BCUT2D eigenvalue weighted by Gasteiger charge is 2.38. The molecular weight excluding hydrogens is 600 g/mol. The zero-order chi connectivity index (χ0) is 34.4. The minimum atomic E-state index is -1.25. The molecule has 0 radical (unpaired) electrons. The summed E-state index contributed by atoms with van der Waals surface area (Å²) in [6, 6.07) is 10.7. The van der Waals surface area contributed by atoms with Crippen LogP contribution >= 0.6 is 0 Å². The molecule has 2 heterocycles. The maximum absolute atomic E-state index is 14.4. The zero-order valence-corrected chi connectivity index (χ0v) is 28.1. The average Bonchev–Trinajstić information content (AvgIpc) is 3.45. The van der Waals surface area contributed by atoms with Crippen molar-refractivity contribution in [1.82, 2.24) is 20.5 Å². The van der Waals surface area contributed by atoms with E-state index in [2.05, 4.69) is 15.6 Å². The van der Waals surface area contributed by atoms with E-state index in [1.165, 1.54) is 31.2 Å². The van der Waals surface area contributed by atoms with Crippen molar-refractivity contribution in [2.75, 3.05) is 14.2 Å². The number of hydrogen-bond donors (Lipinski definition) is 4. The molecule has 0 saturated heterocycles. The molecule has 1 aliphatic rings. The molecule has 0 saturated carbocycles. The lowest BCUT2D eigenvalue weighted by atomic mass is 9.95. The maximum atomic E-state index is 14.4. The molecule has 7 atom stereocenters. The predicted octanol–water partition coefficient (Wildman–Crippen LogP) is 4.17. The minimum absolute atomic E-state index is 0.00862. The molecule has 47 heavy (non-hydrogen) atoms. The zero-order valence-electron chi connectivity index (χ0n) is 28.1. The van der Waals surface area contributed by atoms with E-state index in [1.54, 1.807) is 39.1 Å². The Morgan fingerprint density at radius 1 is 0.957 bits per heavy atom. The first-order valence-corrected chi connectivity index (χ1v) is 15.9. The summed E-state index contributed by atoms with van der Waals surface area (Å²) in [6.07, 6.45) is 2.55. The van der Waals surface area contributed by atoms with E-state index in [0.717, 1.165) is 22.0 Å². The number of aromatic amines is 1. The van der Waals surface area contributed by atoms with Gasteiger partial charge in [0.05, 0.1) is 6.04 Å². The lowest BCUT2D eigenvalue weighted by Crippen LogP contribution is -2.56. The number of amides is 3. The summed E-state index contributed by atoms with van der Waals surface area (Å²) in [4.78, 5) is 59.6. The van der Waals surface area contributed by atoms with Crippen LogP contribution in [0.15, 0.2) is 66.4 Å². The Bertz CT molecular complexity index is 1610. The van der Waals surface area contributed by atoms with Crippen molar-refractivity contribution in [2.45, 2.75) is 77.8 Å². The maximum Gasteiger partial charge on any atom is 0.338 e. The molecule has 0 aliphatic carbocycles. The van der Waals surface area contributed by atoms with Crippen molar-refractivity contribution in [3.8, 4) is 5.75 Å². The van der Waals surface area contributed by atoms with Gasteiger partial charge in [0.2, 0.25) is 17.7 Å². The number of ether oxygens (including phenoxy) is 2. The molecule has 2 aromatic carbocycles. The van der Waals surface area contributed by atoms with Crippen molar-refractivity contribution in [1.29, 1.82) is 0 Å². The molecule has 1 aliphatic heterocycles. The fourth-order valence-corrected chi connectivity index (χ4v) is 6.01. The van der Waals surface area contributed by atoms with Crippen LogP contribution in [0.2, 0.25) is 0 Å². The van der Waals surface area contributed by atoms with Gasteiger partial charge in [0, 0.05) is 49.5 Å². The number of rotatable bonds is 4. The number of methoxy groups -OCH3 is 1. The van der Waals surface area contributed by atoms with Gasteiger partial charge in [0.15, 0.2) is 6.10 Å². The molecule has 11 heteroatoms. The van der Waals surface area contributed by atoms with Gasteiger partial charge in [-0.05, 0) is 56.5 Å². The van der Waals surface area contributed by atoms with E-state index in [1.807, 2.05) is 44.2 Å². The van der Waals surface area contributed by atoms with Gasteiger partial charge in [-0.25, -0.2) is 4.79 Å². The van der Waals surface area contributed by atoms with Crippen molar-refractivity contribution in [3.63, 3.8) is 0 Å². The van der Waals surface area contributed by atoms with Crippen LogP contribution in [-0.2, 0) is 35.1 Å². The van der Waals surface area contributed by atoms with E-state index in [9.17, 15) is 24.3 Å². The van der Waals surface area contributed by atoms with Crippen molar-refractivity contribution in [2.24, 2.45) is 11.8 Å². The Morgan fingerprint density at radius 3 is 2.32 bits per heavy atom. The molecule has 3 amide bonds. The second-order valence-corrected chi connectivity index (χ2v) is 12.6. The topological polar surface area (TPSA) is 150 Å². The van der Waals surface area contributed by atoms with Crippen LogP contribution in [-0.4, -0.2) is 77.1 Å². The summed E-state index contributed by atoms with van der Waals surface area (Å²) in [5.74, 6) is -2.58. The number of hydrogen-bond acceptors (Lipinski definition) is 7. The number of carbonyl (C=O) groups is 4. The molecule has 11 nitrogen and oxygen atoms in total. The van der Waals surface area contributed by atoms with Gasteiger partial charge in [-0.2, -0.15) is 0 Å². The highest BCUT2D eigenvalue weighted by atomic mass is 16.6. The summed E-state index contributed by atoms with van der Waals surface area (Å²) in [5.41, 5.74) is 3.11. The number of likely N-dealkylation sites (N-methyl/N-ethyl adjacent to an activating group) is 1. The Kier molecular flexibility index (Phi) is 11.5. The van der Waals surface area contributed by atoms with Gasteiger partial charge in [-0.15, -0.1) is 0 Å². The number of phenolic OH excluding ortho intramolecular Hbond substituents is 1.